The van der Waals surface area contributed by atoms with Crippen molar-refractivity contribution < 1.29 is 0 Å². The Morgan fingerprint density at radius 1 is 1.41 bits per heavy atom. The van der Waals surface area contributed by atoms with Crippen LogP contribution in [0.15, 0.2) is 24.3 Å². The van der Waals surface area contributed by atoms with Crippen LogP contribution in [0.2, 0.25) is 0 Å². The van der Waals surface area contributed by atoms with Gasteiger partial charge in [0.25, 0.3) is 0 Å². The highest BCUT2D eigenvalue weighted by Gasteiger charge is 2.45. The summed E-state index contributed by atoms with van der Waals surface area (Å²) in [7, 11) is 2.07. The van der Waals surface area contributed by atoms with E-state index < -0.39 is 0 Å². The first-order chi connectivity index (χ1) is 8.08. The fourth-order valence-electron chi connectivity index (χ4n) is 2.44. The molecule has 0 aliphatic heterocycles. The van der Waals surface area contributed by atoms with Crippen LogP contribution in [0.5, 0.6) is 0 Å². The highest BCUT2D eigenvalue weighted by Crippen LogP contribution is 2.51. The van der Waals surface area contributed by atoms with Crippen LogP contribution in [0.3, 0.4) is 0 Å². The lowest BCUT2D eigenvalue weighted by Gasteiger charge is -2.07. The molecule has 1 aliphatic rings. The summed E-state index contributed by atoms with van der Waals surface area (Å²) in [5.74, 6) is 1.77. The normalized spacial score (nSPS) is 21.7. The number of hydrogen-bond acceptors (Lipinski definition) is 2. The van der Waals surface area contributed by atoms with Crippen LogP contribution in [0.1, 0.15) is 20.3 Å². The van der Waals surface area contributed by atoms with Crippen molar-refractivity contribution in [3.63, 3.8) is 0 Å². The fraction of sp³-hybridized carbons (Fsp3) is 0.500. The van der Waals surface area contributed by atoms with Gasteiger partial charge in [0, 0.05) is 13.6 Å². The number of aryl methyl sites for hydroxylation is 1. The topological polar surface area (TPSA) is 29.9 Å². The molecule has 0 radical (unpaired) electrons. The van der Waals surface area contributed by atoms with Crippen LogP contribution in [0.4, 0.5) is 5.95 Å². The molecule has 0 bridgehead atoms. The van der Waals surface area contributed by atoms with Gasteiger partial charge >= 0.3 is 0 Å². The Morgan fingerprint density at radius 3 is 2.76 bits per heavy atom. The fourth-order valence-corrected chi connectivity index (χ4v) is 2.44. The SMILES string of the molecule is Cn1c(NCC2CC2(C)C)nc2ccccc21. The van der Waals surface area contributed by atoms with Gasteiger partial charge in [-0.2, -0.15) is 0 Å². The van der Waals surface area contributed by atoms with Gasteiger partial charge < -0.3 is 9.88 Å². The van der Waals surface area contributed by atoms with Crippen molar-refractivity contribution in [1.29, 1.82) is 0 Å². The first-order valence-electron chi connectivity index (χ1n) is 6.23. The minimum Gasteiger partial charge on any atom is -0.355 e. The predicted octanol–water partition coefficient (Wildman–Crippen LogP) is 3.03. The van der Waals surface area contributed by atoms with Crippen molar-refractivity contribution in [3.8, 4) is 0 Å². The molecule has 2 aromatic rings. The highest BCUT2D eigenvalue weighted by atomic mass is 15.2. The molecule has 1 aromatic carbocycles. The molecular formula is C14H19N3. The minimum absolute atomic E-state index is 0.525. The lowest BCUT2D eigenvalue weighted by Crippen LogP contribution is -2.10. The zero-order chi connectivity index (χ0) is 12.0. The zero-order valence-corrected chi connectivity index (χ0v) is 10.7. The Kier molecular flexibility index (Phi) is 2.18. The van der Waals surface area contributed by atoms with E-state index in [-0.39, 0.29) is 0 Å². The van der Waals surface area contributed by atoms with Gasteiger partial charge in [-0.05, 0) is 29.9 Å². The molecule has 1 heterocycles. The molecule has 3 rings (SSSR count). The molecular weight excluding hydrogens is 210 g/mol. The van der Waals surface area contributed by atoms with E-state index in [1.54, 1.807) is 0 Å². The average molecular weight is 229 g/mol. The predicted molar refractivity (Wildman–Crippen MR) is 71.1 cm³/mol. The van der Waals surface area contributed by atoms with Crippen molar-refractivity contribution in [1.82, 2.24) is 9.55 Å². The van der Waals surface area contributed by atoms with Crippen LogP contribution in [-0.2, 0) is 7.05 Å². The maximum atomic E-state index is 4.61. The second-order valence-corrected chi connectivity index (χ2v) is 5.75. The number of nitrogens with zero attached hydrogens (tertiary/aromatic N) is 2. The van der Waals surface area contributed by atoms with Crippen LogP contribution in [-0.4, -0.2) is 16.1 Å². The molecule has 3 nitrogen and oxygen atoms in total. The van der Waals surface area contributed by atoms with E-state index in [1.807, 2.05) is 6.07 Å². The molecule has 1 aromatic heterocycles. The first-order valence-corrected chi connectivity index (χ1v) is 6.23. The number of nitrogens with one attached hydrogen (secondary N) is 1. The van der Waals surface area contributed by atoms with Gasteiger partial charge in [0.05, 0.1) is 11.0 Å². The number of fused-ring (bicyclic) bond motifs is 1. The number of imidazole rings is 1. The van der Waals surface area contributed by atoms with E-state index in [2.05, 4.69) is 54.0 Å². The largest absolute Gasteiger partial charge is 0.355 e. The molecule has 1 atom stereocenters. The minimum atomic E-state index is 0.525. The molecule has 17 heavy (non-hydrogen) atoms. The quantitative estimate of drug-likeness (QED) is 0.876. The van der Waals surface area contributed by atoms with E-state index in [4.69, 9.17) is 0 Å². The summed E-state index contributed by atoms with van der Waals surface area (Å²) in [6, 6.07) is 8.25. The standard InChI is InChI=1S/C14H19N3/c1-14(2)8-10(14)9-15-13-16-11-6-4-5-7-12(11)17(13)3/h4-7,10H,8-9H2,1-3H3,(H,15,16). The van der Waals surface area contributed by atoms with E-state index >= 15 is 0 Å². The van der Waals surface area contributed by atoms with Gasteiger partial charge in [-0.1, -0.05) is 26.0 Å². The van der Waals surface area contributed by atoms with Crippen LogP contribution < -0.4 is 5.32 Å². The van der Waals surface area contributed by atoms with Gasteiger partial charge in [-0.15, -0.1) is 0 Å². The van der Waals surface area contributed by atoms with Crippen LogP contribution in [0.25, 0.3) is 11.0 Å². The zero-order valence-electron chi connectivity index (χ0n) is 10.7. The van der Waals surface area contributed by atoms with Crippen molar-refractivity contribution in [2.45, 2.75) is 20.3 Å². The van der Waals surface area contributed by atoms with E-state index in [0.717, 1.165) is 23.9 Å². The monoisotopic (exact) mass is 229 g/mol. The lowest BCUT2D eigenvalue weighted by molar-refractivity contribution is 0.572. The Morgan fingerprint density at radius 2 is 2.12 bits per heavy atom. The Hall–Kier alpha value is -1.51. The van der Waals surface area contributed by atoms with Crippen molar-refractivity contribution >= 4 is 17.0 Å². The Bertz CT molecular complexity index is 554. The summed E-state index contributed by atoms with van der Waals surface area (Å²) >= 11 is 0. The Labute approximate surface area is 102 Å². The molecule has 0 spiro atoms. The number of anilines is 1. The first kappa shape index (κ1) is 10.6. The summed E-state index contributed by atoms with van der Waals surface area (Å²) in [6.07, 6.45) is 1.32. The maximum absolute atomic E-state index is 4.61. The lowest BCUT2D eigenvalue weighted by atomic mass is 10.1. The van der Waals surface area contributed by atoms with Crippen molar-refractivity contribution in [3.05, 3.63) is 24.3 Å². The molecule has 1 unspecified atom stereocenters. The molecule has 90 valence electrons. The summed E-state index contributed by atoms with van der Waals surface area (Å²) in [5.41, 5.74) is 2.77. The number of benzene rings is 1. The van der Waals surface area contributed by atoms with Crippen molar-refractivity contribution in [2.75, 3.05) is 11.9 Å². The second kappa shape index (κ2) is 3.49. The maximum Gasteiger partial charge on any atom is 0.203 e. The van der Waals surface area contributed by atoms with Gasteiger partial charge in [0.1, 0.15) is 0 Å². The molecule has 1 saturated carbocycles. The molecule has 1 N–H and O–H groups in total. The molecule has 1 aliphatic carbocycles. The van der Waals surface area contributed by atoms with Gasteiger partial charge in [0.15, 0.2) is 0 Å². The summed E-state index contributed by atoms with van der Waals surface area (Å²) < 4.78 is 2.13. The van der Waals surface area contributed by atoms with Gasteiger partial charge in [-0.3, -0.25) is 0 Å². The highest BCUT2D eigenvalue weighted by molar-refractivity contribution is 5.78. The van der Waals surface area contributed by atoms with Crippen LogP contribution in [0, 0.1) is 11.3 Å². The van der Waals surface area contributed by atoms with E-state index in [1.165, 1.54) is 11.9 Å². The van der Waals surface area contributed by atoms with Crippen molar-refractivity contribution in [2.24, 2.45) is 18.4 Å². The van der Waals surface area contributed by atoms with Gasteiger partial charge in [0.2, 0.25) is 5.95 Å². The number of rotatable bonds is 3. The smallest absolute Gasteiger partial charge is 0.203 e. The summed E-state index contributed by atoms with van der Waals surface area (Å²) in [5, 5.41) is 3.47. The molecule has 3 heteroatoms. The Balaban J connectivity index is 1.79. The number of hydrogen-bond donors (Lipinski definition) is 1. The molecule has 0 amide bonds. The average Bonchev–Trinajstić information content (AvgIpc) is 2.78. The number of para-hydroxylation sites is 2. The number of aromatic nitrogens is 2. The molecule has 0 saturated heterocycles. The summed E-state index contributed by atoms with van der Waals surface area (Å²) in [6.45, 7) is 5.69. The van der Waals surface area contributed by atoms with E-state index in [9.17, 15) is 0 Å². The molecule has 1 fully saturated rings. The van der Waals surface area contributed by atoms with Crippen LogP contribution >= 0.6 is 0 Å². The third-order valence-electron chi connectivity index (χ3n) is 4.01. The summed E-state index contributed by atoms with van der Waals surface area (Å²) in [4.78, 5) is 4.61. The third-order valence-corrected chi connectivity index (χ3v) is 4.01. The van der Waals surface area contributed by atoms with E-state index in [0.29, 0.717) is 5.41 Å². The second-order valence-electron chi connectivity index (χ2n) is 5.75. The third kappa shape index (κ3) is 1.79. The van der Waals surface area contributed by atoms with Gasteiger partial charge in [-0.25, -0.2) is 4.98 Å².